The van der Waals surface area contributed by atoms with Crippen molar-refractivity contribution in [2.75, 3.05) is 6.54 Å². The molecule has 0 spiro atoms. The second kappa shape index (κ2) is 7.21. The van der Waals surface area contributed by atoms with E-state index >= 15 is 0 Å². The third-order valence-corrected chi connectivity index (χ3v) is 3.85. The molecule has 0 bridgehead atoms. The molecule has 21 heavy (non-hydrogen) atoms. The number of aromatic nitrogens is 2. The highest BCUT2D eigenvalue weighted by molar-refractivity contribution is 5.92. The first kappa shape index (κ1) is 15.5. The minimum atomic E-state index is -0.0920. The van der Waals surface area contributed by atoms with Gasteiger partial charge >= 0.3 is 0 Å². The van der Waals surface area contributed by atoms with E-state index in [0.29, 0.717) is 18.7 Å². The molecule has 0 aliphatic heterocycles. The molecule has 1 aromatic heterocycles. The van der Waals surface area contributed by atoms with Gasteiger partial charge in [0.1, 0.15) is 5.69 Å². The van der Waals surface area contributed by atoms with Crippen molar-refractivity contribution in [3.63, 3.8) is 0 Å². The number of carbonyl (C=O) groups is 2. The Morgan fingerprint density at radius 2 is 1.90 bits per heavy atom. The van der Waals surface area contributed by atoms with Crippen LogP contribution in [0.4, 0.5) is 0 Å². The van der Waals surface area contributed by atoms with Gasteiger partial charge < -0.3 is 16.4 Å². The number of nitrogens with one attached hydrogen (secondary N) is 2. The molecule has 2 amide bonds. The van der Waals surface area contributed by atoms with Crippen LogP contribution in [0.3, 0.4) is 0 Å². The van der Waals surface area contributed by atoms with E-state index < -0.39 is 0 Å². The van der Waals surface area contributed by atoms with Gasteiger partial charge in [0.2, 0.25) is 5.91 Å². The maximum atomic E-state index is 12.1. The van der Waals surface area contributed by atoms with Crippen molar-refractivity contribution in [2.45, 2.75) is 44.2 Å². The molecule has 7 heteroatoms. The van der Waals surface area contributed by atoms with Crippen molar-refractivity contribution < 1.29 is 9.59 Å². The Bertz CT molecular complexity index is 491. The summed E-state index contributed by atoms with van der Waals surface area (Å²) in [5, 5.41) is 10.0. The second-order valence-corrected chi connectivity index (χ2v) is 5.47. The van der Waals surface area contributed by atoms with E-state index in [1.165, 1.54) is 0 Å². The molecule has 0 aromatic carbocycles. The lowest BCUT2D eigenvalue weighted by atomic mass is 9.91. The van der Waals surface area contributed by atoms with E-state index in [-0.39, 0.29) is 23.9 Å². The Kier molecular flexibility index (Phi) is 5.32. The van der Waals surface area contributed by atoms with Crippen molar-refractivity contribution >= 4 is 11.8 Å². The quantitative estimate of drug-likeness (QED) is 0.707. The van der Waals surface area contributed by atoms with Gasteiger partial charge in [-0.1, -0.05) is 0 Å². The summed E-state index contributed by atoms with van der Waals surface area (Å²) in [6.45, 7) is 0.377. The average Bonchev–Trinajstić information content (AvgIpc) is 2.87. The molecule has 4 N–H and O–H groups in total. The standard InChI is InChI=1S/C14H23N5O2/c1-19-12(7-9-16-19)14(21)18-11-4-2-10(3-5-11)17-13(20)6-8-15/h7,9-11H,2-6,8,15H2,1H3,(H,17,20)(H,18,21)/t10-,11-. The highest BCUT2D eigenvalue weighted by Crippen LogP contribution is 2.19. The summed E-state index contributed by atoms with van der Waals surface area (Å²) in [6, 6.07) is 2.07. The summed E-state index contributed by atoms with van der Waals surface area (Å²) < 4.78 is 1.56. The van der Waals surface area contributed by atoms with Gasteiger partial charge in [0, 0.05) is 38.3 Å². The summed E-state index contributed by atoms with van der Waals surface area (Å²) in [6.07, 6.45) is 5.49. The maximum absolute atomic E-state index is 12.1. The number of hydrogen-bond donors (Lipinski definition) is 3. The van der Waals surface area contributed by atoms with Crippen LogP contribution in [0.25, 0.3) is 0 Å². The van der Waals surface area contributed by atoms with Crippen LogP contribution >= 0.6 is 0 Å². The molecular weight excluding hydrogens is 270 g/mol. The fourth-order valence-corrected chi connectivity index (χ4v) is 2.67. The van der Waals surface area contributed by atoms with Crippen molar-refractivity contribution in [3.05, 3.63) is 18.0 Å². The highest BCUT2D eigenvalue weighted by Gasteiger charge is 2.24. The lowest BCUT2D eigenvalue weighted by Gasteiger charge is -2.29. The lowest BCUT2D eigenvalue weighted by molar-refractivity contribution is -0.121. The number of amides is 2. The molecule has 116 valence electrons. The van der Waals surface area contributed by atoms with Crippen LogP contribution in [0.2, 0.25) is 0 Å². The number of carbonyl (C=O) groups excluding carboxylic acids is 2. The van der Waals surface area contributed by atoms with E-state index in [4.69, 9.17) is 5.73 Å². The number of nitrogens with two attached hydrogens (primary N) is 1. The first-order valence-corrected chi connectivity index (χ1v) is 7.38. The minimum Gasteiger partial charge on any atom is -0.353 e. The van der Waals surface area contributed by atoms with E-state index in [0.717, 1.165) is 25.7 Å². The first-order valence-electron chi connectivity index (χ1n) is 7.38. The summed E-state index contributed by atoms with van der Waals surface area (Å²) in [5.74, 6) is -0.0783. The summed E-state index contributed by atoms with van der Waals surface area (Å²) in [7, 11) is 1.75. The monoisotopic (exact) mass is 293 g/mol. The van der Waals surface area contributed by atoms with Crippen LogP contribution in [0.15, 0.2) is 12.3 Å². The SMILES string of the molecule is Cn1nccc1C(=O)N[C@H]1CC[C@H](NC(=O)CCN)CC1. The van der Waals surface area contributed by atoms with Gasteiger partial charge in [-0.25, -0.2) is 0 Å². The van der Waals surface area contributed by atoms with E-state index in [2.05, 4.69) is 15.7 Å². The summed E-state index contributed by atoms with van der Waals surface area (Å²) >= 11 is 0. The molecule has 0 unspecified atom stereocenters. The molecular formula is C14H23N5O2. The van der Waals surface area contributed by atoms with Crippen LogP contribution in [0.1, 0.15) is 42.6 Å². The Balaban J connectivity index is 1.75. The van der Waals surface area contributed by atoms with Gasteiger partial charge in [-0.05, 0) is 31.7 Å². The van der Waals surface area contributed by atoms with Crippen molar-refractivity contribution in [2.24, 2.45) is 12.8 Å². The van der Waals surface area contributed by atoms with Gasteiger partial charge in [0.05, 0.1) is 0 Å². The van der Waals surface area contributed by atoms with Gasteiger partial charge in [-0.3, -0.25) is 14.3 Å². The molecule has 1 heterocycles. The molecule has 1 aromatic rings. The average molecular weight is 293 g/mol. The minimum absolute atomic E-state index is 0.0138. The van der Waals surface area contributed by atoms with Crippen LogP contribution < -0.4 is 16.4 Å². The predicted octanol–water partition coefficient (Wildman–Crippen LogP) is -0.0739. The normalized spacial score (nSPS) is 21.8. The fourth-order valence-electron chi connectivity index (χ4n) is 2.67. The van der Waals surface area contributed by atoms with Crippen LogP contribution in [-0.4, -0.2) is 40.2 Å². The van der Waals surface area contributed by atoms with E-state index in [9.17, 15) is 9.59 Å². The van der Waals surface area contributed by atoms with Gasteiger partial charge in [-0.2, -0.15) is 5.10 Å². The third kappa shape index (κ3) is 4.29. The summed E-state index contributed by atoms with van der Waals surface area (Å²) in [5.41, 5.74) is 5.92. The van der Waals surface area contributed by atoms with Crippen molar-refractivity contribution in [1.29, 1.82) is 0 Å². The molecule has 0 saturated heterocycles. The number of hydrogen-bond acceptors (Lipinski definition) is 4. The Labute approximate surface area is 124 Å². The Morgan fingerprint density at radius 3 is 2.43 bits per heavy atom. The van der Waals surface area contributed by atoms with E-state index in [1.807, 2.05) is 0 Å². The Hall–Kier alpha value is -1.89. The maximum Gasteiger partial charge on any atom is 0.269 e. The zero-order valence-corrected chi connectivity index (χ0v) is 12.3. The van der Waals surface area contributed by atoms with Crippen molar-refractivity contribution in [1.82, 2.24) is 20.4 Å². The smallest absolute Gasteiger partial charge is 0.269 e. The molecule has 1 aliphatic carbocycles. The molecule has 7 nitrogen and oxygen atoms in total. The second-order valence-electron chi connectivity index (χ2n) is 5.47. The zero-order chi connectivity index (χ0) is 15.2. The number of aryl methyl sites for hydroxylation is 1. The van der Waals surface area contributed by atoms with Crippen LogP contribution in [0, 0.1) is 0 Å². The van der Waals surface area contributed by atoms with Gasteiger partial charge in [0.25, 0.3) is 5.91 Å². The lowest BCUT2D eigenvalue weighted by Crippen LogP contribution is -2.44. The number of rotatable bonds is 5. The molecule has 2 rings (SSSR count). The van der Waals surface area contributed by atoms with Crippen LogP contribution in [0.5, 0.6) is 0 Å². The van der Waals surface area contributed by atoms with Gasteiger partial charge in [-0.15, -0.1) is 0 Å². The number of nitrogens with zero attached hydrogens (tertiary/aromatic N) is 2. The molecule has 1 fully saturated rings. The molecule has 1 aliphatic rings. The third-order valence-electron chi connectivity index (χ3n) is 3.85. The van der Waals surface area contributed by atoms with Crippen LogP contribution in [-0.2, 0) is 11.8 Å². The van der Waals surface area contributed by atoms with E-state index in [1.54, 1.807) is 24.0 Å². The van der Waals surface area contributed by atoms with Gasteiger partial charge in [0.15, 0.2) is 0 Å². The predicted molar refractivity (Wildman–Crippen MR) is 78.5 cm³/mol. The molecule has 1 saturated carbocycles. The fraction of sp³-hybridized carbons (Fsp3) is 0.643. The Morgan fingerprint density at radius 1 is 1.29 bits per heavy atom. The molecule has 0 atom stereocenters. The van der Waals surface area contributed by atoms with Crippen molar-refractivity contribution in [3.8, 4) is 0 Å². The largest absolute Gasteiger partial charge is 0.353 e. The topological polar surface area (TPSA) is 102 Å². The highest BCUT2D eigenvalue weighted by atomic mass is 16.2. The first-order chi connectivity index (χ1) is 10.1. The summed E-state index contributed by atoms with van der Waals surface area (Å²) in [4.78, 5) is 23.6. The zero-order valence-electron chi connectivity index (χ0n) is 12.3. The molecule has 0 radical (unpaired) electrons.